The number of carbonyl (C=O) groups excluding carboxylic acids is 2. The molecule has 1 saturated heterocycles. The molecule has 4 aromatic carbocycles. The van der Waals surface area contributed by atoms with Crippen molar-refractivity contribution in [3.05, 3.63) is 109 Å². The minimum absolute atomic E-state index is 0.0233. The molecule has 1 spiro atoms. The Morgan fingerprint density at radius 2 is 1.74 bits per heavy atom. The van der Waals surface area contributed by atoms with Crippen LogP contribution in [0.1, 0.15) is 204 Å². The molecular weight excluding hydrogens is 1120 g/mol. The first-order valence-electron chi connectivity index (χ1n) is 33.7. The Bertz CT molecular complexity index is 4030. The molecule has 13 aliphatic rings. The number of phenols is 1. The van der Waals surface area contributed by atoms with E-state index >= 15 is 4.79 Å². The molecule has 5 fully saturated rings. The van der Waals surface area contributed by atoms with Crippen LogP contribution in [0.25, 0.3) is 33.3 Å². The van der Waals surface area contributed by atoms with Crippen molar-refractivity contribution in [2.45, 2.75) is 213 Å². The van der Waals surface area contributed by atoms with Crippen LogP contribution in [0.3, 0.4) is 0 Å². The minimum Gasteiger partial charge on any atom is -0.506 e. The number of aromatic hydroxyl groups is 1. The van der Waals surface area contributed by atoms with Gasteiger partial charge in [0.1, 0.15) is 41.7 Å². The van der Waals surface area contributed by atoms with Crippen LogP contribution < -0.4 is 9.47 Å². The van der Waals surface area contributed by atoms with E-state index in [0.717, 1.165) is 140 Å². The van der Waals surface area contributed by atoms with E-state index in [2.05, 4.69) is 35.4 Å². The first kappa shape index (κ1) is 55.6. The lowest BCUT2D eigenvalue weighted by Gasteiger charge is -2.52. The van der Waals surface area contributed by atoms with E-state index in [0.29, 0.717) is 73.1 Å². The SMILES string of the molecule is COc1c2c3c4c(O)c(c5c6c4c1CCC6=C[C@@H]1CCC[C@@H]51)C(=O)CN1Cc4c(cccc4C1=O)CC#CO[C@H]1[C@H](O)[C@H](O[C@H](O3)[C@@]1(O)CO)[C@@H]1O[C@H](/C=C/2)c2c[nH]c3cc4c5c(c23)C[C@@H](C[C@@H]1CCC1(O)CCCC1)C[C@@H]1C[C@@H]2CCC[C@]2(O)C[C@]51CC4. The zero-order valence-electron chi connectivity index (χ0n) is 50.7. The molecule has 89 heavy (non-hydrogen) atoms. The van der Waals surface area contributed by atoms with Crippen LogP contribution in [0.4, 0.5) is 0 Å². The number of fused-ring (bicyclic) bond motifs is 13. The molecule has 15 heteroatoms. The Labute approximate surface area is 517 Å². The van der Waals surface area contributed by atoms with Crippen LogP contribution in [0, 0.1) is 41.6 Å². The van der Waals surface area contributed by atoms with Gasteiger partial charge in [-0.05, 0) is 207 Å². The molecule has 6 heterocycles. The van der Waals surface area contributed by atoms with E-state index < -0.39 is 66.0 Å². The van der Waals surface area contributed by atoms with Crippen LogP contribution >= 0.6 is 0 Å². The van der Waals surface area contributed by atoms with Crippen molar-refractivity contribution in [2.24, 2.45) is 29.6 Å². The van der Waals surface area contributed by atoms with Crippen molar-refractivity contribution in [3.8, 4) is 29.3 Å². The maximum absolute atomic E-state index is 15.8. The standard InChI is InChI=1S/C74H80N2O13/c1-85-65-47-15-14-40-29-39-9-5-12-45(39)57-55(40)58(47)60-62(79)59(57)53(78)34-76-33-51-38(8-4-13-46(51)69(76)81)10-7-25-86-68-63(80)67-64-42(18-23-71(82)20-2-3-21-71)26-37-27-44-31-43-11-6-22-73(43,83)35-72(44)24-19-41-30-52-56(49(28-37)61(41)72)50(32-75-52)54(87-64)17-16-48(65)66(60)88-70(89-67)74(68,84)36-77/h4,8,13,16-17,29-30,32,37,39,42-45,54,63-64,67-68,70,75,77,79-80,82-84H,2-3,5-6,9-12,14-15,18-24,26-28,31,33-36H2,1H3/b17-16+/t37-,39-,42-,43-,44+,45+,54+,63+,64+,67-,68-,70-,72-,73-,74+/m0/s1. The van der Waals surface area contributed by atoms with Crippen molar-refractivity contribution >= 4 is 45.0 Å². The number of Topliss-reactive ketones (excluding diaryl/α,β-unsaturated/α-hetero) is 1. The van der Waals surface area contributed by atoms with Gasteiger partial charge in [-0.3, -0.25) is 9.59 Å². The predicted octanol–water partition coefficient (Wildman–Crippen LogP) is 10.1. The Balaban J connectivity index is 0.913. The second-order valence-corrected chi connectivity index (χ2v) is 29.8. The van der Waals surface area contributed by atoms with Crippen molar-refractivity contribution < 1.29 is 63.9 Å². The predicted molar refractivity (Wildman–Crippen MR) is 330 cm³/mol. The number of ketones is 1. The minimum atomic E-state index is -2.54. The lowest BCUT2D eigenvalue weighted by atomic mass is 9.55. The first-order chi connectivity index (χ1) is 43.2. The molecule has 5 aliphatic heterocycles. The number of methoxy groups -OCH3 is 1. The first-order valence-corrected chi connectivity index (χ1v) is 33.7. The van der Waals surface area contributed by atoms with Crippen LogP contribution in [0.15, 0.2) is 42.6 Å². The zero-order valence-corrected chi connectivity index (χ0v) is 50.7. The van der Waals surface area contributed by atoms with Crippen molar-refractivity contribution in [1.82, 2.24) is 9.88 Å². The topological polar surface area (TPSA) is 221 Å². The number of amides is 1. The van der Waals surface area contributed by atoms with Crippen LogP contribution in [0.5, 0.6) is 17.2 Å². The fourth-order valence-electron chi connectivity index (χ4n) is 21.5. The number of hydrogen-bond donors (Lipinski definition) is 7. The Morgan fingerprint density at radius 3 is 2.60 bits per heavy atom. The molecule has 12 bridgehead atoms. The zero-order chi connectivity index (χ0) is 60.2. The van der Waals surface area contributed by atoms with Gasteiger partial charge in [-0.2, -0.15) is 0 Å². The average Bonchev–Trinajstić information content (AvgIpc) is 1.57. The highest BCUT2D eigenvalue weighted by Gasteiger charge is 2.63. The molecule has 1 amide bonds. The summed E-state index contributed by atoms with van der Waals surface area (Å²) in [7, 11) is 1.62. The Kier molecular flexibility index (Phi) is 12.4. The highest BCUT2D eigenvalue weighted by molar-refractivity contribution is 6.17. The number of aryl methyl sites for hydroxylation is 2. The van der Waals surface area contributed by atoms with Gasteiger partial charge in [0, 0.05) is 57.6 Å². The molecule has 15 nitrogen and oxygen atoms in total. The number of aromatic amines is 1. The van der Waals surface area contributed by atoms with Crippen LogP contribution in [-0.4, -0.2) is 120 Å². The Hall–Kier alpha value is -6.22. The van der Waals surface area contributed by atoms with Gasteiger partial charge in [0.05, 0.1) is 54.1 Å². The number of hydrogen-bond acceptors (Lipinski definition) is 13. The average molecular weight is 1210 g/mol. The molecule has 18 rings (SSSR count). The largest absolute Gasteiger partial charge is 0.506 e. The third kappa shape index (κ3) is 7.89. The summed E-state index contributed by atoms with van der Waals surface area (Å²) >= 11 is 0. The van der Waals surface area contributed by atoms with Crippen molar-refractivity contribution in [3.63, 3.8) is 0 Å². The summed E-state index contributed by atoms with van der Waals surface area (Å²) in [5, 5.41) is 79.7. The fourth-order valence-corrected chi connectivity index (χ4v) is 21.5. The summed E-state index contributed by atoms with van der Waals surface area (Å²) in [5.41, 5.74) is 7.62. The second-order valence-electron chi connectivity index (χ2n) is 29.8. The van der Waals surface area contributed by atoms with Crippen LogP contribution in [0.2, 0.25) is 0 Å². The van der Waals surface area contributed by atoms with Gasteiger partial charge in [0.15, 0.2) is 17.5 Å². The summed E-state index contributed by atoms with van der Waals surface area (Å²) in [6, 6.07) is 7.81. The molecule has 7 N–H and O–H groups in total. The summed E-state index contributed by atoms with van der Waals surface area (Å²) in [5.74, 6) is 3.01. The van der Waals surface area contributed by atoms with E-state index in [4.69, 9.17) is 23.7 Å². The van der Waals surface area contributed by atoms with Gasteiger partial charge in [-0.25, -0.2) is 0 Å². The second kappa shape index (κ2) is 19.9. The van der Waals surface area contributed by atoms with Gasteiger partial charge < -0.3 is 64.2 Å². The number of benzene rings is 4. The Morgan fingerprint density at radius 1 is 0.865 bits per heavy atom. The highest BCUT2D eigenvalue weighted by atomic mass is 16.7. The fraction of sp³-hybridized carbons (Fsp3) is 0.568. The molecule has 0 radical (unpaired) electrons. The molecule has 15 atom stereocenters. The lowest BCUT2D eigenvalue weighted by molar-refractivity contribution is -0.340. The highest BCUT2D eigenvalue weighted by Crippen LogP contribution is 2.66. The number of phenolic OH excluding ortho intramolecular Hbond substituents is 1. The molecule has 5 aromatic rings. The summed E-state index contributed by atoms with van der Waals surface area (Å²) in [4.78, 5) is 35.6. The lowest BCUT2D eigenvalue weighted by Crippen LogP contribution is -2.71. The third-order valence-corrected chi connectivity index (χ3v) is 25.4. The number of carbonyl (C=O) groups is 2. The monoisotopic (exact) mass is 1200 g/mol. The number of nitrogens with one attached hydrogen (secondary N) is 1. The van der Waals surface area contributed by atoms with Crippen LogP contribution in [-0.2, 0) is 51.9 Å². The molecule has 464 valence electrons. The van der Waals surface area contributed by atoms with Gasteiger partial charge in [0.25, 0.3) is 5.91 Å². The molecule has 0 unspecified atom stereocenters. The number of H-pyrrole nitrogens is 1. The molecule has 4 saturated carbocycles. The number of nitrogens with zero attached hydrogens (tertiary/aromatic N) is 1. The molecular formula is C74H80N2O13. The number of rotatable bonds is 5. The van der Waals surface area contributed by atoms with Gasteiger partial charge in [-0.15, -0.1) is 0 Å². The van der Waals surface area contributed by atoms with E-state index in [1.54, 1.807) is 24.1 Å². The van der Waals surface area contributed by atoms with Crippen molar-refractivity contribution in [1.29, 1.82) is 0 Å². The number of aromatic nitrogens is 1. The maximum Gasteiger partial charge on any atom is 0.254 e. The van der Waals surface area contributed by atoms with Gasteiger partial charge >= 0.3 is 0 Å². The van der Waals surface area contributed by atoms with E-state index in [-0.39, 0.29) is 82.9 Å². The summed E-state index contributed by atoms with van der Waals surface area (Å²) < 4.78 is 35.9. The van der Waals surface area contributed by atoms with E-state index in [9.17, 15) is 35.4 Å². The summed E-state index contributed by atoms with van der Waals surface area (Å²) in [6.45, 7) is -1.17. The van der Waals surface area contributed by atoms with Crippen molar-refractivity contribution in [2.75, 3.05) is 20.3 Å². The van der Waals surface area contributed by atoms with Gasteiger partial charge in [-0.1, -0.05) is 55.9 Å². The number of aliphatic hydroxyl groups is 5. The van der Waals surface area contributed by atoms with E-state index in [1.807, 2.05) is 18.2 Å². The van der Waals surface area contributed by atoms with E-state index in [1.165, 1.54) is 16.7 Å². The summed E-state index contributed by atoms with van der Waals surface area (Å²) in [6.07, 6.45) is 20.0. The van der Waals surface area contributed by atoms with Gasteiger partial charge in [0.2, 0.25) is 6.29 Å². The quantitative estimate of drug-likeness (QED) is 0.0816. The smallest absolute Gasteiger partial charge is 0.254 e. The molecule has 8 aliphatic carbocycles. The molecule has 1 aromatic heterocycles. The number of aliphatic hydroxyl groups excluding tert-OH is 2. The number of ether oxygens (including phenoxy) is 5. The number of allylic oxidation sites excluding steroid dienone is 2. The maximum atomic E-state index is 15.8. The normalized spacial score (nSPS) is 36.8. The third-order valence-electron chi connectivity index (χ3n) is 25.4.